The summed E-state index contributed by atoms with van der Waals surface area (Å²) in [6.45, 7) is 0. The highest BCUT2D eigenvalue weighted by molar-refractivity contribution is 6.40. The molecule has 0 radical (unpaired) electrons. The van der Waals surface area contributed by atoms with Crippen LogP contribution >= 0.6 is 23.2 Å². The minimum Gasteiger partial charge on any atom is -0.289 e. The Morgan fingerprint density at radius 3 is 2.30 bits per heavy atom. The van der Waals surface area contributed by atoms with E-state index in [2.05, 4.69) is 0 Å². The van der Waals surface area contributed by atoms with Gasteiger partial charge < -0.3 is 0 Å². The molecule has 102 valence electrons. The van der Waals surface area contributed by atoms with Gasteiger partial charge in [-0.3, -0.25) is 4.79 Å². The van der Waals surface area contributed by atoms with Crippen molar-refractivity contribution in [2.45, 2.75) is 0 Å². The second kappa shape index (κ2) is 6.16. The predicted molar refractivity (Wildman–Crippen MR) is 76.2 cm³/mol. The third-order valence-corrected chi connectivity index (χ3v) is 3.27. The molecule has 0 aliphatic carbocycles. The van der Waals surface area contributed by atoms with Crippen LogP contribution < -0.4 is 0 Å². The number of carbonyl (C=O) groups is 1. The molecule has 0 fully saturated rings. The number of rotatable bonds is 3. The summed E-state index contributed by atoms with van der Waals surface area (Å²) in [5.41, 5.74) is 0.537. The largest absolute Gasteiger partial charge is 0.289 e. The van der Waals surface area contributed by atoms with Crippen LogP contribution in [0.1, 0.15) is 15.9 Å². The molecule has 0 spiro atoms. The molecule has 2 aromatic rings. The molecule has 5 heteroatoms. The smallest absolute Gasteiger partial charge is 0.188 e. The molecule has 2 aromatic carbocycles. The Bertz CT molecular complexity index is 679. The van der Waals surface area contributed by atoms with E-state index in [0.717, 1.165) is 6.07 Å². The standard InChI is InChI=1S/C15H8Cl2F2O/c16-11-6-7-12(19)15(17)14(11)13(20)8-3-9-1-4-10(18)5-2-9/h1-8H. The predicted octanol–water partition coefficient (Wildman–Crippen LogP) is 5.17. The van der Waals surface area contributed by atoms with E-state index in [9.17, 15) is 13.6 Å². The third kappa shape index (κ3) is 3.24. The molecular formula is C15H8Cl2F2O. The minimum absolute atomic E-state index is 0.0742. The highest BCUT2D eigenvalue weighted by Gasteiger charge is 2.15. The Morgan fingerprint density at radius 2 is 1.65 bits per heavy atom. The monoisotopic (exact) mass is 312 g/mol. The van der Waals surface area contributed by atoms with Gasteiger partial charge in [0.1, 0.15) is 11.6 Å². The van der Waals surface area contributed by atoms with Gasteiger partial charge in [0.05, 0.1) is 15.6 Å². The topological polar surface area (TPSA) is 17.1 Å². The number of carbonyl (C=O) groups excluding carboxylic acids is 1. The zero-order chi connectivity index (χ0) is 14.7. The van der Waals surface area contributed by atoms with E-state index in [1.165, 1.54) is 42.5 Å². The number of ketones is 1. The van der Waals surface area contributed by atoms with Gasteiger partial charge in [-0.1, -0.05) is 41.4 Å². The van der Waals surface area contributed by atoms with Gasteiger partial charge in [-0.25, -0.2) is 8.78 Å². The lowest BCUT2D eigenvalue weighted by Gasteiger charge is -2.03. The maximum absolute atomic E-state index is 13.3. The van der Waals surface area contributed by atoms with Crippen LogP contribution in [0.2, 0.25) is 10.0 Å². The molecular weight excluding hydrogens is 305 g/mol. The summed E-state index contributed by atoms with van der Waals surface area (Å²) in [4.78, 5) is 12.0. The van der Waals surface area contributed by atoms with Crippen molar-refractivity contribution in [1.82, 2.24) is 0 Å². The molecule has 2 rings (SSSR count). The van der Waals surface area contributed by atoms with Crippen LogP contribution in [0.4, 0.5) is 8.78 Å². The van der Waals surface area contributed by atoms with Crippen molar-refractivity contribution >= 4 is 35.1 Å². The van der Waals surface area contributed by atoms with Crippen molar-refractivity contribution < 1.29 is 13.6 Å². The fraction of sp³-hybridized carbons (Fsp3) is 0. The molecule has 20 heavy (non-hydrogen) atoms. The van der Waals surface area contributed by atoms with Crippen molar-refractivity contribution in [2.75, 3.05) is 0 Å². The molecule has 0 N–H and O–H groups in total. The molecule has 0 saturated carbocycles. The van der Waals surface area contributed by atoms with Crippen molar-refractivity contribution in [1.29, 1.82) is 0 Å². The number of halogens is 4. The van der Waals surface area contributed by atoms with Crippen LogP contribution in [-0.4, -0.2) is 5.78 Å². The summed E-state index contributed by atoms with van der Waals surface area (Å²) in [6.07, 6.45) is 2.68. The van der Waals surface area contributed by atoms with Gasteiger partial charge in [0, 0.05) is 0 Å². The Labute approximate surface area is 124 Å². The summed E-state index contributed by atoms with van der Waals surface area (Å²) >= 11 is 11.6. The first-order chi connectivity index (χ1) is 9.49. The van der Waals surface area contributed by atoms with E-state index in [-0.39, 0.29) is 21.4 Å². The Hall–Kier alpha value is -1.71. The number of hydrogen-bond donors (Lipinski definition) is 0. The summed E-state index contributed by atoms with van der Waals surface area (Å²) in [5.74, 6) is -1.61. The van der Waals surface area contributed by atoms with Crippen LogP contribution in [0.15, 0.2) is 42.5 Å². The molecule has 0 amide bonds. The van der Waals surface area contributed by atoms with Gasteiger partial charge >= 0.3 is 0 Å². The molecule has 0 atom stereocenters. The molecule has 0 aliphatic rings. The van der Waals surface area contributed by atoms with E-state index < -0.39 is 11.6 Å². The quantitative estimate of drug-likeness (QED) is 0.434. The Balaban J connectivity index is 2.29. The van der Waals surface area contributed by atoms with Gasteiger partial charge in [-0.15, -0.1) is 0 Å². The number of allylic oxidation sites excluding steroid dienone is 1. The second-order valence-electron chi connectivity index (χ2n) is 3.97. The Morgan fingerprint density at radius 1 is 1.00 bits per heavy atom. The van der Waals surface area contributed by atoms with Crippen molar-refractivity contribution in [3.05, 3.63) is 75.3 Å². The van der Waals surface area contributed by atoms with Crippen molar-refractivity contribution in [3.8, 4) is 0 Å². The van der Waals surface area contributed by atoms with E-state index >= 15 is 0 Å². The molecule has 0 aromatic heterocycles. The SMILES string of the molecule is O=C(C=Cc1ccc(F)cc1)c1c(Cl)ccc(F)c1Cl. The molecule has 0 bridgehead atoms. The fourth-order valence-corrected chi connectivity index (χ4v) is 2.14. The second-order valence-corrected chi connectivity index (χ2v) is 4.75. The maximum Gasteiger partial charge on any atom is 0.188 e. The molecule has 0 unspecified atom stereocenters. The summed E-state index contributed by atoms with van der Waals surface area (Å²) < 4.78 is 26.1. The highest BCUT2D eigenvalue weighted by Crippen LogP contribution is 2.28. The van der Waals surface area contributed by atoms with E-state index in [4.69, 9.17) is 23.2 Å². The third-order valence-electron chi connectivity index (χ3n) is 2.59. The lowest BCUT2D eigenvalue weighted by atomic mass is 10.1. The van der Waals surface area contributed by atoms with E-state index in [1.54, 1.807) is 0 Å². The molecule has 0 saturated heterocycles. The number of hydrogen-bond acceptors (Lipinski definition) is 1. The van der Waals surface area contributed by atoms with Crippen molar-refractivity contribution in [3.63, 3.8) is 0 Å². The minimum atomic E-state index is -0.713. The lowest BCUT2D eigenvalue weighted by Crippen LogP contribution is -1.99. The van der Waals surface area contributed by atoms with Crippen LogP contribution in [0, 0.1) is 11.6 Å². The summed E-state index contributed by atoms with van der Waals surface area (Å²) in [6, 6.07) is 7.91. The molecule has 0 aliphatic heterocycles. The van der Waals surface area contributed by atoms with Crippen LogP contribution in [0.3, 0.4) is 0 Å². The van der Waals surface area contributed by atoms with E-state index in [1.807, 2.05) is 0 Å². The first-order valence-electron chi connectivity index (χ1n) is 5.60. The lowest BCUT2D eigenvalue weighted by molar-refractivity contribution is 0.104. The van der Waals surface area contributed by atoms with Gasteiger partial charge in [-0.2, -0.15) is 0 Å². The summed E-state index contributed by atoms with van der Waals surface area (Å²) in [7, 11) is 0. The average molecular weight is 313 g/mol. The van der Waals surface area contributed by atoms with E-state index in [0.29, 0.717) is 5.56 Å². The fourth-order valence-electron chi connectivity index (χ4n) is 1.58. The van der Waals surface area contributed by atoms with Gasteiger partial charge in [0.2, 0.25) is 0 Å². The van der Waals surface area contributed by atoms with Crippen LogP contribution in [0.5, 0.6) is 0 Å². The van der Waals surface area contributed by atoms with Crippen LogP contribution in [0.25, 0.3) is 6.08 Å². The Kier molecular flexibility index (Phi) is 4.53. The summed E-state index contributed by atoms with van der Waals surface area (Å²) in [5, 5.41) is -0.239. The average Bonchev–Trinajstić information content (AvgIpc) is 2.43. The first kappa shape index (κ1) is 14.7. The number of benzene rings is 2. The van der Waals surface area contributed by atoms with Gasteiger partial charge in [0.25, 0.3) is 0 Å². The first-order valence-corrected chi connectivity index (χ1v) is 6.36. The van der Waals surface area contributed by atoms with Crippen molar-refractivity contribution in [2.24, 2.45) is 0 Å². The highest BCUT2D eigenvalue weighted by atomic mass is 35.5. The zero-order valence-electron chi connectivity index (χ0n) is 10.0. The zero-order valence-corrected chi connectivity index (χ0v) is 11.6. The van der Waals surface area contributed by atoms with Crippen LogP contribution in [-0.2, 0) is 0 Å². The maximum atomic E-state index is 13.3. The molecule has 0 heterocycles. The molecule has 1 nitrogen and oxygen atoms in total. The van der Waals surface area contributed by atoms with Gasteiger partial charge in [0.15, 0.2) is 5.78 Å². The van der Waals surface area contributed by atoms with Gasteiger partial charge in [-0.05, 0) is 35.9 Å². The normalized spacial score (nSPS) is 11.0.